The van der Waals surface area contributed by atoms with Crippen molar-refractivity contribution in [3.63, 3.8) is 0 Å². The molecule has 0 spiro atoms. The van der Waals surface area contributed by atoms with Gasteiger partial charge < -0.3 is 9.30 Å². The molecule has 3 aromatic heterocycles. The van der Waals surface area contributed by atoms with Crippen LogP contribution >= 0.6 is 0 Å². The van der Waals surface area contributed by atoms with Crippen LogP contribution in [-0.4, -0.2) is 31.3 Å². The van der Waals surface area contributed by atoms with Gasteiger partial charge in [0.2, 0.25) is 0 Å². The van der Waals surface area contributed by atoms with Crippen molar-refractivity contribution < 1.29 is 4.74 Å². The van der Waals surface area contributed by atoms with Crippen molar-refractivity contribution in [3.8, 4) is 17.0 Å². The summed E-state index contributed by atoms with van der Waals surface area (Å²) in [5, 5.41) is 5.12. The average molecular weight is 403 g/mol. The molecular formula is C23H25N5O2. The molecule has 0 unspecified atom stereocenters. The van der Waals surface area contributed by atoms with Gasteiger partial charge in [-0.15, -0.1) is 5.10 Å². The zero-order valence-corrected chi connectivity index (χ0v) is 17.5. The lowest BCUT2D eigenvalue weighted by Gasteiger charge is -2.30. The first-order valence-corrected chi connectivity index (χ1v) is 10.5. The van der Waals surface area contributed by atoms with Crippen LogP contribution in [0, 0.1) is 12.8 Å². The van der Waals surface area contributed by atoms with Crippen LogP contribution in [0.25, 0.3) is 27.9 Å². The maximum Gasteiger partial charge on any atom is 0.262 e. The van der Waals surface area contributed by atoms with Gasteiger partial charge in [0.15, 0.2) is 0 Å². The number of hydrogen-bond donors (Lipinski definition) is 0. The number of pyridine rings is 1. The summed E-state index contributed by atoms with van der Waals surface area (Å²) < 4.78 is 9.02. The molecule has 1 aliphatic carbocycles. The van der Waals surface area contributed by atoms with E-state index in [2.05, 4.69) is 22.0 Å². The molecule has 1 aromatic carbocycles. The van der Waals surface area contributed by atoms with Gasteiger partial charge in [-0.2, -0.15) is 9.50 Å². The third-order valence-corrected chi connectivity index (χ3v) is 6.23. The number of nitrogens with zero attached hydrogens (tertiary/aromatic N) is 5. The molecule has 0 bridgehead atoms. The molecule has 7 nitrogen and oxygen atoms in total. The van der Waals surface area contributed by atoms with Gasteiger partial charge in [-0.05, 0) is 43.9 Å². The fourth-order valence-corrected chi connectivity index (χ4v) is 4.70. The fourth-order valence-electron chi connectivity index (χ4n) is 4.70. The molecule has 0 radical (unpaired) electrons. The minimum absolute atomic E-state index is 0.0216. The van der Waals surface area contributed by atoms with Gasteiger partial charge in [0.1, 0.15) is 11.6 Å². The Kier molecular flexibility index (Phi) is 4.53. The van der Waals surface area contributed by atoms with Gasteiger partial charge in [0.25, 0.3) is 11.3 Å². The van der Waals surface area contributed by atoms with Crippen LogP contribution in [0.2, 0.25) is 0 Å². The summed E-state index contributed by atoms with van der Waals surface area (Å²) in [6.07, 6.45) is 6.47. The van der Waals surface area contributed by atoms with Crippen LogP contribution in [0.4, 0.5) is 0 Å². The van der Waals surface area contributed by atoms with Crippen molar-refractivity contribution in [2.24, 2.45) is 5.92 Å². The SMILES string of the molecule is COc1cccc(-c2c3c(=O)n([C@H]4CCCC[C@H]4C)ccc3nc3nc(C)nn23)c1. The van der Waals surface area contributed by atoms with Gasteiger partial charge in [-0.25, -0.2) is 4.98 Å². The summed E-state index contributed by atoms with van der Waals surface area (Å²) in [6, 6.07) is 9.84. The summed E-state index contributed by atoms with van der Waals surface area (Å²) in [5.41, 5.74) is 2.17. The molecule has 0 N–H and O–H groups in total. The van der Waals surface area contributed by atoms with E-state index in [1.807, 2.05) is 48.0 Å². The van der Waals surface area contributed by atoms with Crippen LogP contribution in [0.15, 0.2) is 41.3 Å². The lowest BCUT2D eigenvalue weighted by atomic mass is 9.85. The van der Waals surface area contributed by atoms with Crippen LogP contribution < -0.4 is 10.3 Å². The molecule has 0 aliphatic heterocycles. The van der Waals surface area contributed by atoms with E-state index in [0.717, 1.165) is 30.6 Å². The molecule has 7 heteroatoms. The Balaban J connectivity index is 1.85. The Hall–Kier alpha value is -3.22. The third-order valence-electron chi connectivity index (χ3n) is 6.23. The topological polar surface area (TPSA) is 74.3 Å². The minimum Gasteiger partial charge on any atom is -0.497 e. The van der Waals surface area contributed by atoms with Crippen molar-refractivity contribution in [2.45, 2.75) is 45.6 Å². The smallest absolute Gasteiger partial charge is 0.262 e. The molecular weight excluding hydrogens is 378 g/mol. The van der Waals surface area contributed by atoms with Crippen LogP contribution in [-0.2, 0) is 0 Å². The molecule has 5 rings (SSSR count). The maximum atomic E-state index is 13.8. The number of methoxy groups -OCH3 is 1. The van der Waals surface area contributed by atoms with E-state index in [1.54, 1.807) is 11.6 Å². The largest absolute Gasteiger partial charge is 0.497 e. The highest BCUT2D eigenvalue weighted by atomic mass is 16.5. The van der Waals surface area contributed by atoms with E-state index in [0.29, 0.717) is 34.1 Å². The molecule has 1 fully saturated rings. The van der Waals surface area contributed by atoms with Crippen molar-refractivity contribution in [2.75, 3.05) is 7.11 Å². The predicted molar refractivity (Wildman–Crippen MR) is 116 cm³/mol. The van der Waals surface area contributed by atoms with Gasteiger partial charge in [0.05, 0.1) is 23.7 Å². The molecule has 3 heterocycles. The number of rotatable bonds is 3. The monoisotopic (exact) mass is 403 g/mol. The molecule has 2 atom stereocenters. The summed E-state index contributed by atoms with van der Waals surface area (Å²) in [4.78, 5) is 22.9. The lowest BCUT2D eigenvalue weighted by Crippen LogP contribution is -2.31. The molecule has 154 valence electrons. The normalized spacial score (nSPS) is 19.4. The minimum atomic E-state index is -0.0216. The first-order valence-electron chi connectivity index (χ1n) is 10.5. The first kappa shape index (κ1) is 18.8. The zero-order valence-electron chi connectivity index (χ0n) is 17.5. The Morgan fingerprint density at radius 2 is 1.97 bits per heavy atom. The molecule has 1 saturated carbocycles. The van der Waals surface area contributed by atoms with E-state index in [-0.39, 0.29) is 11.6 Å². The molecule has 30 heavy (non-hydrogen) atoms. The predicted octanol–water partition coefficient (Wildman–Crippen LogP) is 4.17. The molecule has 0 saturated heterocycles. The molecule has 4 aromatic rings. The maximum absolute atomic E-state index is 13.8. The second kappa shape index (κ2) is 7.23. The highest BCUT2D eigenvalue weighted by Crippen LogP contribution is 2.34. The zero-order chi connectivity index (χ0) is 20.8. The Morgan fingerprint density at radius 3 is 2.77 bits per heavy atom. The second-order valence-electron chi connectivity index (χ2n) is 8.18. The quantitative estimate of drug-likeness (QED) is 0.513. The lowest BCUT2D eigenvalue weighted by molar-refractivity contribution is 0.253. The highest BCUT2D eigenvalue weighted by Gasteiger charge is 2.26. The number of fused-ring (bicyclic) bond motifs is 2. The summed E-state index contributed by atoms with van der Waals surface area (Å²) in [5.74, 6) is 2.29. The van der Waals surface area contributed by atoms with E-state index >= 15 is 0 Å². The number of aryl methyl sites for hydroxylation is 1. The van der Waals surface area contributed by atoms with Crippen molar-refractivity contribution in [1.29, 1.82) is 0 Å². The molecule has 0 amide bonds. The van der Waals surface area contributed by atoms with Crippen LogP contribution in [0.1, 0.15) is 44.5 Å². The number of ether oxygens (including phenoxy) is 1. The van der Waals surface area contributed by atoms with E-state index in [1.165, 1.54) is 6.42 Å². The van der Waals surface area contributed by atoms with Crippen molar-refractivity contribution in [3.05, 3.63) is 52.7 Å². The Bertz CT molecular complexity index is 1310. The number of hydrogen-bond acceptors (Lipinski definition) is 5. The van der Waals surface area contributed by atoms with Gasteiger partial charge >= 0.3 is 0 Å². The van der Waals surface area contributed by atoms with E-state index in [4.69, 9.17) is 4.74 Å². The van der Waals surface area contributed by atoms with Gasteiger partial charge in [-0.3, -0.25) is 4.79 Å². The van der Waals surface area contributed by atoms with Gasteiger partial charge in [-0.1, -0.05) is 31.9 Å². The average Bonchev–Trinajstić information content (AvgIpc) is 3.13. The van der Waals surface area contributed by atoms with Crippen molar-refractivity contribution in [1.82, 2.24) is 24.1 Å². The Labute approximate surface area is 174 Å². The summed E-state index contributed by atoms with van der Waals surface area (Å²) in [6.45, 7) is 4.07. The van der Waals surface area contributed by atoms with Crippen LogP contribution in [0.3, 0.4) is 0 Å². The van der Waals surface area contributed by atoms with E-state index < -0.39 is 0 Å². The molecule has 1 aliphatic rings. The number of benzene rings is 1. The van der Waals surface area contributed by atoms with Crippen LogP contribution in [0.5, 0.6) is 5.75 Å². The van der Waals surface area contributed by atoms with E-state index in [9.17, 15) is 4.79 Å². The summed E-state index contributed by atoms with van der Waals surface area (Å²) in [7, 11) is 1.64. The number of aromatic nitrogens is 5. The third kappa shape index (κ3) is 2.96. The standard InChI is InChI=1S/C23H25N5O2/c1-14-7-4-5-10-19(14)27-12-11-18-20(22(27)29)21(16-8-6-9-17(13-16)30-3)28-23(25-18)24-15(2)26-28/h6,8-9,11-14,19H,4-5,7,10H2,1-3H3/t14-,19+/m1/s1. The first-order chi connectivity index (χ1) is 14.6. The second-order valence-corrected chi connectivity index (χ2v) is 8.18. The fraction of sp³-hybridized carbons (Fsp3) is 0.391. The van der Waals surface area contributed by atoms with Crippen molar-refractivity contribution >= 4 is 16.7 Å². The van der Waals surface area contributed by atoms with Gasteiger partial charge in [0, 0.05) is 17.8 Å². The Morgan fingerprint density at radius 1 is 1.13 bits per heavy atom. The highest BCUT2D eigenvalue weighted by molar-refractivity contribution is 5.93. The summed E-state index contributed by atoms with van der Waals surface area (Å²) >= 11 is 0.